The van der Waals surface area contributed by atoms with E-state index in [-0.39, 0.29) is 73.2 Å². The molecule has 4 heterocycles. The molecule has 2 aliphatic heterocycles. The summed E-state index contributed by atoms with van der Waals surface area (Å²) in [6, 6.07) is 18.5. The second kappa shape index (κ2) is 17.5. The number of fused-ring (bicyclic) bond motifs is 2. The van der Waals surface area contributed by atoms with Crippen molar-refractivity contribution >= 4 is 55.9 Å². The quantitative estimate of drug-likeness (QED) is 0.0794. The van der Waals surface area contributed by atoms with Crippen LogP contribution in [0.1, 0.15) is 33.6 Å². The molecule has 8 rings (SSSR count). The zero-order valence-corrected chi connectivity index (χ0v) is 33.9. The molecule has 0 bridgehead atoms. The highest BCUT2D eigenvalue weighted by Crippen LogP contribution is 2.37. The maximum atomic E-state index is 15.8. The van der Waals surface area contributed by atoms with Crippen molar-refractivity contribution in [2.45, 2.75) is 23.8 Å². The molecule has 1 atom stereocenters. The largest absolute Gasteiger partial charge is 0.491 e. The van der Waals surface area contributed by atoms with Gasteiger partial charge >= 0.3 is 0 Å². The Morgan fingerprint density at radius 1 is 0.810 bits per heavy atom. The highest BCUT2D eigenvalue weighted by atomic mass is 32.2. The number of pyridine rings is 2. The topological polar surface area (TPSA) is 195 Å². The molecular formula is C44H35F3N6O9S. The minimum atomic E-state index is -4.53. The number of aromatic nitrogens is 2. The summed E-state index contributed by atoms with van der Waals surface area (Å²) in [4.78, 5) is 59.2. The van der Waals surface area contributed by atoms with E-state index in [4.69, 9.17) is 14.2 Å². The van der Waals surface area contributed by atoms with Crippen molar-refractivity contribution in [1.29, 1.82) is 0 Å². The number of nitrogens with one attached hydrogen (secondary N) is 3. The minimum absolute atomic E-state index is 0.0166. The van der Waals surface area contributed by atoms with E-state index in [0.29, 0.717) is 39.3 Å². The Hall–Kier alpha value is -7.38. The molecule has 2 aromatic heterocycles. The first kappa shape index (κ1) is 42.3. The van der Waals surface area contributed by atoms with Crippen LogP contribution in [0.3, 0.4) is 0 Å². The lowest BCUT2D eigenvalue weighted by Crippen LogP contribution is -2.54. The van der Waals surface area contributed by atoms with Gasteiger partial charge in [0, 0.05) is 59.7 Å². The third-order valence-corrected chi connectivity index (χ3v) is 11.7. The Morgan fingerprint density at radius 3 is 2.43 bits per heavy atom. The van der Waals surface area contributed by atoms with Crippen molar-refractivity contribution in [3.63, 3.8) is 0 Å². The lowest BCUT2D eigenvalue weighted by Gasteiger charge is -2.27. The number of amides is 4. The number of anilines is 2. The van der Waals surface area contributed by atoms with E-state index < -0.39 is 62.0 Å². The molecule has 1 fully saturated rings. The fourth-order valence-corrected chi connectivity index (χ4v) is 8.45. The standard InChI is InChI=1S/C44H35F3N6O9S/c1-60-42-36(52-63(58,59)38-11-6-26(45)21-33(38)47)20-25(23-50-42)24-5-9-34-31(19-24)28(13-14-48-34)29-8-7-27(22-32(29)46)62-18-17-61-16-15-49-35-4-2-3-30-40(35)44(57)53(43(30)56)37-10-12-39(54)51-41(37)55/h2-9,11,13-14,19-23,37,49,52H,10,12,15-18H2,1H3,(H,51,54,55). The van der Waals surface area contributed by atoms with Crippen LogP contribution in [0.15, 0.2) is 102 Å². The molecule has 2 aliphatic rings. The smallest absolute Gasteiger partial charge is 0.264 e. The highest BCUT2D eigenvalue weighted by Gasteiger charge is 2.45. The average Bonchev–Trinajstić information content (AvgIpc) is 3.51. The van der Waals surface area contributed by atoms with Gasteiger partial charge in [0.15, 0.2) is 0 Å². The molecule has 63 heavy (non-hydrogen) atoms. The summed E-state index contributed by atoms with van der Waals surface area (Å²) < 4.78 is 88.8. The molecule has 1 unspecified atom stereocenters. The predicted molar refractivity (Wildman–Crippen MR) is 222 cm³/mol. The van der Waals surface area contributed by atoms with Crippen LogP contribution < -0.4 is 24.8 Å². The molecule has 1 saturated heterocycles. The molecule has 0 aliphatic carbocycles. The van der Waals surface area contributed by atoms with Crippen LogP contribution in [0.4, 0.5) is 24.5 Å². The van der Waals surface area contributed by atoms with E-state index in [1.165, 1.54) is 31.5 Å². The van der Waals surface area contributed by atoms with E-state index in [1.807, 2.05) is 0 Å². The van der Waals surface area contributed by atoms with Crippen LogP contribution in [0.5, 0.6) is 11.6 Å². The number of halogens is 3. The molecule has 15 nitrogen and oxygen atoms in total. The molecule has 4 amide bonds. The van der Waals surface area contributed by atoms with Gasteiger partial charge in [0.25, 0.3) is 21.8 Å². The lowest BCUT2D eigenvalue weighted by atomic mass is 9.97. The number of benzene rings is 4. The number of piperidine rings is 1. The number of carbonyl (C=O) groups is 4. The number of carbonyl (C=O) groups excluding carboxylic acids is 4. The Kier molecular flexibility index (Phi) is 11.8. The van der Waals surface area contributed by atoms with E-state index >= 15 is 4.39 Å². The molecule has 6 aromatic rings. The van der Waals surface area contributed by atoms with Crippen molar-refractivity contribution < 1.29 is 55.0 Å². The van der Waals surface area contributed by atoms with Gasteiger partial charge in [-0.15, -0.1) is 0 Å². The van der Waals surface area contributed by atoms with Crippen molar-refractivity contribution in [2.24, 2.45) is 0 Å². The van der Waals surface area contributed by atoms with E-state index in [2.05, 4.69) is 25.3 Å². The van der Waals surface area contributed by atoms with Crippen LogP contribution in [-0.2, 0) is 24.3 Å². The van der Waals surface area contributed by atoms with Gasteiger partial charge in [-0.25, -0.2) is 26.6 Å². The molecule has 3 N–H and O–H groups in total. The summed E-state index contributed by atoms with van der Waals surface area (Å²) in [7, 11) is -3.25. The highest BCUT2D eigenvalue weighted by molar-refractivity contribution is 7.92. The normalized spacial score (nSPS) is 15.0. The van der Waals surface area contributed by atoms with E-state index in [0.717, 1.165) is 17.0 Å². The third-order valence-electron chi connectivity index (χ3n) is 10.3. The predicted octanol–water partition coefficient (Wildman–Crippen LogP) is 6.10. The van der Waals surface area contributed by atoms with Gasteiger partial charge < -0.3 is 19.5 Å². The summed E-state index contributed by atoms with van der Waals surface area (Å²) in [5.41, 5.74) is 2.87. The maximum Gasteiger partial charge on any atom is 0.264 e. The SMILES string of the molecule is COc1ncc(-c2ccc3nccc(-c4ccc(OCCOCCNc5cccc6c5C(=O)N(C5CCC(=O)NC5=O)C6=O)cc4F)c3c2)cc1NS(=O)(=O)c1ccc(F)cc1F. The van der Waals surface area contributed by atoms with E-state index in [9.17, 15) is 36.4 Å². The summed E-state index contributed by atoms with van der Waals surface area (Å²) in [5, 5.41) is 5.84. The first-order chi connectivity index (χ1) is 30.3. The Labute approximate surface area is 357 Å². The number of imide groups is 2. The zero-order chi connectivity index (χ0) is 44.4. The van der Waals surface area contributed by atoms with Crippen molar-refractivity contribution in [1.82, 2.24) is 20.2 Å². The van der Waals surface area contributed by atoms with Gasteiger partial charge in [0.05, 0.1) is 37.0 Å². The molecular weight excluding hydrogens is 846 g/mol. The number of hydrogen-bond donors (Lipinski definition) is 3. The molecule has 4 aromatic carbocycles. The molecule has 0 spiro atoms. The molecule has 19 heteroatoms. The van der Waals surface area contributed by atoms with Gasteiger partial charge in [-0.3, -0.25) is 39.1 Å². The van der Waals surface area contributed by atoms with Gasteiger partial charge in [-0.2, -0.15) is 0 Å². The lowest BCUT2D eigenvalue weighted by molar-refractivity contribution is -0.136. The van der Waals surface area contributed by atoms with Crippen LogP contribution in [0.25, 0.3) is 33.2 Å². The second-order valence-electron chi connectivity index (χ2n) is 14.3. The fraction of sp³-hybridized carbons (Fsp3) is 0.182. The van der Waals surface area contributed by atoms with Crippen molar-refractivity contribution in [2.75, 3.05) is 43.5 Å². The fourth-order valence-electron chi connectivity index (χ4n) is 7.34. The molecule has 322 valence electrons. The zero-order valence-electron chi connectivity index (χ0n) is 33.1. The minimum Gasteiger partial charge on any atom is -0.491 e. The summed E-state index contributed by atoms with van der Waals surface area (Å²) >= 11 is 0. The Bertz CT molecular complexity index is 2950. The van der Waals surface area contributed by atoms with Crippen LogP contribution in [0.2, 0.25) is 0 Å². The first-order valence-corrected chi connectivity index (χ1v) is 20.8. The summed E-state index contributed by atoms with van der Waals surface area (Å²) in [6.45, 7) is 0.676. The number of sulfonamides is 1. The van der Waals surface area contributed by atoms with Crippen molar-refractivity contribution in [3.05, 3.63) is 126 Å². The number of rotatable bonds is 15. The van der Waals surface area contributed by atoms with Gasteiger partial charge in [0.1, 0.15) is 46.4 Å². The Balaban J connectivity index is 0.890. The monoisotopic (exact) mass is 880 g/mol. The average molecular weight is 881 g/mol. The van der Waals surface area contributed by atoms with E-state index in [1.54, 1.807) is 54.7 Å². The van der Waals surface area contributed by atoms with Gasteiger partial charge in [-0.05, 0) is 78.2 Å². The number of nitrogens with zero attached hydrogens (tertiary/aromatic N) is 3. The number of ether oxygens (including phenoxy) is 3. The summed E-state index contributed by atoms with van der Waals surface area (Å²) in [6.07, 6.45) is 3.05. The van der Waals surface area contributed by atoms with Crippen molar-refractivity contribution in [3.8, 4) is 33.9 Å². The van der Waals surface area contributed by atoms with Gasteiger partial charge in [0.2, 0.25) is 17.7 Å². The third kappa shape index (κ3) is 8.60. The first-order valence-electron chi connectivity index (χ1n) is 19.3. The molecule has 0 saturated carbocycles. The number of methoxy groups -OCH3 is 1. The Morgan fingerprint density at radius 2 is 1.65 bits per heavy atom. The van der Waals surface area contributed by atoms with Gasteiger partial charge in [-0.1, -0.05) is 12.1 Å². The van der Waals surface area contributed by atoms with Crippen LogP contribution in [-0.4, -0.2) is 86.4 Å². The second-order valence-corrected chi connectivity index (χ2v) is 15.9. The van der Waals surface area contributed by atoms with Crippen LogP contribution >= 0.6 is 0 Å². The maximum absolute atomic E-state index is 15.8. The van der Waals surface area contributed by atoms with Crippen LogP contribution in [0, 0.1) is 17.5 Å². The molecule has 0 radical (unpaired) electrons. The summed E-state index contributed by atoms with van der Waals surface area (Å²) in [5.74, 6) is -5.03. The number of hydrogen-bond acceptors (Lipinski definition) is 12.